The molecule has 10 nitrogen and oxygen atoms in total. The lowest BCUT2D eigenvalue weighted by molar-refractivity contribution is -0.129. The highest BCUT2D eigenvalue weighted by Crippen LogP contribution is 2.38. The van der Waals surface area contributed by atoms with Gasteiger partial charge in [-0.2, -0.15) is 0 Å². The molecule has 0 heterocycles. The van der Waals surface area contributed by atoms with Crippen LogP contribution in [0.1, 0.15) is 35.7 Å². The maximum atomic E-state index is 12.4. The summed E-state index contributed by atoms with van der Waals surface area (Å²) in [6, 6.07) is 10.4. The molecule has 10 heteroatoms. The van der Waals surface area contributed by atoms with E-state index in [0.29, 0.717) is 28.9 Å². The number of amides is 3. The van der Waals surface area contributed by atoms with E-state index in [2.05, 4.69) is 30.0 Å². The molecule has 0 aromatic heterocycles. The highest BCUT2D eigenvalue weighted by molar-refractivity contribution is 5.97. The Morgan fingerprint density at radius 2 is 1.39 bits per heavy atom. The summed E-state index contributed by atoms with van der Waals surface area (Å²) in [5.74, 6) is -0.325. The van der Waals surface area contributed by atoms with Crippen LogP contribution in [-0.4, -0.2) is 52.3 Å². The van der Waals surface area contributed by atoms with Gasteiger partial charge in [0.15, 0.2) is 11.5 Å². The normalized spacial score (nSPS) is 10.4. The number of hydrogen-bond donors (Lipinski definition) is 3. The van der Waals surface area contributed by atoms with Crippen LogP contribution in [0.2, 0.25) is 0 Å². The van der Waals surface area contributed by atoms with Gasteiger partial charge in [0.05, 0.1) is 21.3 Å². The second-order valence-corrected chi connectivity index (χ2v) is 7.23. The molecule has 0 radical (unpaired) electrons. The second-order valence-electron chi connectivity index (χ2n) is 7.23. The molecule has 0 spiro atoms. The van der Waals surface area contributed by atoms with Crippen LogP contribution in [0.3, 0.4) is 0 Å². The van der Waals surface area contributed by atoms with Crippen molar-refractivity contribution in [2.24, 2.45) is 0 Å². The van der Waals surface area contributed by atoms with Crippen molar-refractivity contribution in [2.75, 3.05) is 39.9 Å². The summed E-state index contributed by atoms with van der Waals surface area (Å²) in [5, 5.41) is 2.69. The number of carbonyl (C=O) groups is 3. The Morgan fingerprint density at radius 3 is 1.91 bits per heavy atom. The van der Waals surface area contributed by atoms with Crippen molar-refractivity contribution in [1.82, 2.24) is 10.9 Å². The molecule has 0 aliphatic heterocycles. The predicted molar refractivity (Wildman–Crippen MR) is 122 cm³/mol. The van der Waals surface area contributed by atoms with Crippen molar-refractivity contribution in [3.63, 3.8) is 0 Å². The second kappa shape index (κ2) is 12.3. The number of hydrogen-bond acceptors (Lipinski definition) is 7. The van der Waals surface area contributed by atoms with Gasteiger partial charge in [-0.3, -0.25) is 25.2 Å². The smallest absolute Gasteiger partial charge is 0.269 e. The van der Waals surface area contributed by atoms with Gasteiger partial charge < -0.3 is 24.3 Å². The van der Waals surface area contributed by atoms with Gasteiger partial charge in [-0.15, -0.1) is 0 Å². The molecule has 3 amide bonds. The largest absolute Gasteiger partial charge is 0.493 e. The molecule has 3 N–H and O–H groups in total. The van der Waals surface area contributed by atoms with Crippen molar-refractivity contribution in [3.05, 3.63) is 47.5 Å². The summed E-state index contributed by atoms with van der Waals surface area (Å²) in [5.41, 5.74) is 6.45. The van der Waals surface area contributed by atoms with Crippen LogP contribution < -0.4 is 30.4 Å². The minimum atomic E-state index is -0.634. The lowest BCUT2D eigenvalue weighted by atomic mass is 10.0. The molecule has 2 rings (SSSR count). The van der Waals surface area contributed by atoms with E-state index < -0.39 is 24.3 Å². The van der Waals surface area contributed by atoms with Gasteiger partial charge in [0.25, 0.3) is 11.8 Å². The highest BCUT2D eigenvalue weighted by Gasteiger charge is 2.17. The van der Waals surface area contributed by atoms with Crippen LogP contribution in [0.25, 0.3) is 0 Å². The highest BCUT2D eigenvalue weighted by atomic mass is 16.5. The number of anilines is 1. The van der Waals surface area contributed by atoms with Gasteiger partial charge in [-0.05, 0) is 35.7 Å². The van der Waals surface area contributed by atoms with Gasteiger partial charge in [0, 0.05) is 11.3 Å². The molecule has 0 saturated carbocycles. The summed E-state index contributed by atoms with van der Waals surface area (Å²) in [6.07, 6.45) is 0. The van der Waals surface area contributed by atoms with Gasteiger partial charge in [-0.1, -0.05) is 26.0 Å². The summed E-state index contributed by atoms with van der Waals surface area (Å²) in [4.78, 5) is 36.2. The van der Waals surface area contributed by atoms with E-state index in [1.807, 2.05) is 12.1 Å². The first-order chi connectivity index (χ1) is 15.8. The predicted octanol–water partition coefficient (Wildman–Crippen LogP) is 2.25. The van der Waals surface area contributed by atoms with Gasteiger partial charge in [-0.25, -0.2) is 0 Å². The van der Waals surface area contributed by atoms with Crippen LogP contribution in [0.15, 0.2) is 36.4 Å². The number of ether oxygens (including phenoxy) is 4. The SMILES string of the molecule is COc1cc(C(=O)NNC(=O)COCC(=O)Nc2ccc(C(C)C)cc2)cc(OC)c1OC. The molecule has 0 atom stereocenters. The number of carbonyl (C=O) groups excluding carboxylic acids is 3. The minimum Gasteiger partial charge on any atom is -0.493 e. The Balaban J connectivity index is 1.78. The van der Waals surface area contributed by atoms with Gasteiger partial charge in [0.1, 0.15) is 13.2 Å². The van der Waals surface area contributed by atoms with E-state index >= 15 is 0 Å². The van der Waals surface area contributed by atoms with Crippen molar-refractivity contribution in [3.8, 4) is 17.2 Å². The van der Waals surface area contributed by atoms with Crippen molar-refractivity contribution in [2.45, 2.75) is 19.8 Å². The van der Waals surface area contributed by atoms with Crippen molar-refractivity contribution >= 4 is 23.4 Å². The zero-order valence-electron chi connectivity index (χ0n) is 19.3. The van der Waals surface area contributed by atoms with Crippen molar-refractivity contribution < 1.29 is 33.3 Å². The number of nitrogens with one attached hydrogen (secondary N) is 3. The Labute approximate surface area is 192 Å². The molecule has 2 aromatic rings. The summed E-state index contributed by atoms with van der Waals surface area (Å²) in [6.45, 7) is 3.43. The van der Waals surface area contributed by atoms with E-state index in [4.69, 9.17) is 18.9 Å². The Bertz CT molecular complexity index is 950. The van der Waals surface area contributed by atoms with E-state index in [9.17, 15) is 14.4 Å². The topological polar surface area (TPSA) is 124 Å². The molecule has 0 aliphatic carbocycles. The fourth-order valence-corrected chi connectivity index (χ4v) is 2.83. The van der Waals surface area contributed by atoms with Crippen molar-refractivity contribution in [1.29, 1.82) is 0 Å². The van der Waals surface area contributed by atoms with E-state index in [0.717, 1.165) is 5.56 Å². The third kappa shape index (κ3) is 7.39. The Morgan fingerprint density at radius 1 is 0.818 bits per heavy atom. The number of rotatable bonds is 10. The first kappa shape index (κ1) is 25.5. The van der Waals surface area contributed by atoms with Crippen LogP contribution in [0.5, 0.6) is 17.2 Å². The Kier molecular flexibility index (Phi) is 9.49. The maximum absolute atomic E-state index is 12.4. The standard InChI is InChI=1S/C23H29N3O7/c1-14(2)15-6-8-17(9-7-15)24-20(27)12-33-13-21(28)25-26-23(29)16-10-18(30-3)22(32-5)19(11-16)31-4/h6-11,14H,12-13H2,1-5H3,(H,24,27)(H,25,28)(H,26,29). The van der Waals surface area contributed by atoms with Crippen LogP contribution in [0.4, 0.5) is 5.69 Å². The monoisotopic (exact) mass is 459 g/mol. The molecule has 0 saturated heterocycles. The van der Waals surface area contributed by atoms with Gasteiger partial charge in [0.2, 0.25) is 11.7 Å². The molecule has 0 bridgehead atoms. The van der Waals surface area contributed by atoms with Gasteiger partial charge >= 0.3 is 0 Å². The number of benzene rings is 2. The fraction of sp³-hybridized carbons (Fsp3) is 0.348. The third-order valence-electron chi connectivity index (χ3n) is 4.57. The zero-order valence-corrected chi connectivity index (χ0v) is 19.3. The third-order valence-corrected chi connectivity index (χ3v) is 4.57. The summed E-state index contributed by atoms with van der Waals surface area (Å²) in [7, 11) is 4.30. The van der Waals surface area contributed by atoms with E-state index in [1.54, 1.807) is 12.1 Å². The van der Waals surface area contributed by atoms with Crippen LogP contribution in [-0.2, 0) is 14.3 Å². The average Bonchev–Trinajstić information content (AvgIpc) is 2.81. The van der Waals surface area contributed by atoms with E-state index in [-0.39, 0.29) is 12.2 Å². The van der Waals surface area contributed by atoms with Crippen LogP contribution in [0, 0.1) is 0 Å². The molecular weight excluding hydrogens is 430 g/mol. The number of methoxy groups -OCH3 is 3. The molecular formula is C23H29N3O7. The van der Waals surface area contributed by atoms with Crippen LogP contribution >= 0.6 is 0 Å². The number of hydrazine groups is 1. The molecule has 0 aliphatic rings. The molecule has 178 valence electrons. The summed E-state index contributed by atoms with van der Waals surface area (Å²) >= 11 is 0. The maximum Gasteiger partial charge on any atom is 0.269 e. The minimum absolute atomic E-state index is 0.175. The fourth-order valence-electron chi connectivity index (χ4n) is 2.83. The molecule has 33 heavy (non-hydrogen) atoms. The average molecular weight is 459 g/mol. The van der Waals surface area contributed by atoms with E-state index in [1.165, 1.54) is 33.5 Å². The first-order valence-electron chi connectivity index (χ1n) is 10.2. The molecule has 0 fully saturated rings. The lowest BCUT2D eigenvalue weighted by Gasteiger charge is -2.14. The summed E-state index contributed by atoms with van der Waals surface area (Å²) < 4.78 is 20.7. The zero-order chi connectivity index (χ0) is 24.4. The molecule has 0 unspecified atom stereocenters. The first-order valence-corrected chi connectivity index (χ1v) is 10.2. The molecule has 2 aromatic carbocycles. The lowest BCUT2D eigenvalue weighted by Crippen LogP contribution is -2.43. The quantitative estimate of drug-likeness (QED) is 0.466. The Hall–Kier alpha value is -3.79.